The van der Waals surface area contributed by atoms with Crippen LogP contribution in [0.4, 0.5) is 0 Å². The highest BCUT2D eigenvalue weighted by Crippen LogP contribution is 2.41. The van der Waals surface area contributed by atoms with Crippen LogP contribution in [0.5, 0.6) is 0 Å². The van der Waals surface area contributed by atoms with E-state index in [1.807, 2.05) is 0 Å². The molecule has 0 saturated heterocycles. The summed E-state index contributed by atoms with van der Waals surface area (Å²) < 4.78 is 0. The molecule has 0 amide bonds. The second-order valence-corrected chi connectivity index (χ2v) is 22.3. The molecule has 0 aliphatic heterocycles. The molecule has 2 heteroatoms. The minimum absolute atomic E-state index is 0.377. The second kappa shape index (κ2) is 6.19. The summed E-state index contributed by atoms with van der Waals surface area (Å²) in [6, 6.07) is 14.7. The minimum Gasteiger partial charge on any atom is -0.0651 e. The van der Waals surface area contributed by atoms with Gasteiger partial charge in [0, 0.05) is 0 Å². The predicted octanol–water partition coefficient (Wildman–Crippen LogP) is 6.69. The van der Waals surface area contributed by atoms with Crippen molar-refractivity contribution in [2.24, 2.45) is 0 Å². The van der Waals surface area contributed by atoms with Gasteiger partial charge in [0.2, 0.25) is 0 Å². The zero-order valence-corrected chi connectivity index (χ0v) is 21.2. The van der Waals surface area contributed by atoms with Gasteiger partial charge in [-0.15, -0.1) is 0 Å². The van der Waals surface area contributed by atoms with Crippen LogP contribution >= 0.6 is 0 Å². The molecule has 0 bridgehead atoms. The maximum absolute atomic E-state index is 2.54. The first-order chi connectivity index (χ1) is 12.2. The van der Waals surface area contributed by atoms with Crippen molar-refractivity contribution in [3.63, 3.8) is 0 Å². The number of benzene rings is 2. The molecule has 0 nitrogen and oxygen atoms in total. The van der Waals surface area contributed by atoms with Gasteiger partial charge in [0.05, 0.1) is 16.1 Å². The molecule has 1 aliphatic rings. The predicted molar refractivity (Wildman–Crippen MR) is 128 cm³/mol. The van der Waals surface area contributed by atoms with Crippen molar-refractivity contribution < 1.29 is 0 Å². The van der Waals surface area contributed by atoms with Crippen LogP contribution in [0.25, 0.3) is 11.1 Å². The summed E-state index contributed by atoms with van der Waals surface area (Å²) in [5.74, 6) is 0. The van der Waals surface area contributed by atoms with Crippen molar-refractivity contribution in [3.05, 3.63) is 47.5 Å². The topological polar surface area (TPSA) is 0 Å². The third kappa shape index (κ3) is 3.29. The molecule has 2 aromatic carbocycles. The van der Waals surface area contributed by atoms with Gasteiger partial charge in [-0.25, -0.2) is 0 Å². The van der Waals surface area contributed by atoms with Gasteiger partial charge in [0.25, 0.3) is 0 Å². The van der Waals surface area contributed by atoms with Crippen molar-refractivity contribution in [1.29, 1.82) is 0 Å². The van der Waals surface area contributed by atoms with Crippen molar-refractivity contribution >= 4 is 26.5 Å². The fourth-order valence-electron chi connectivity index (χ4n) is 3.85. The van der Waals surface area contributed by atoms with Crippen LogP contribution in [-0.4, -0.2) is 16.1 Å². The Morgan fingerprint density at radius 3 is 1.22 bits per heavy atom. The normalized spacial score (nSPS) is 14.9. The van der Waals surface area contributed by atoms with Gasteiger partial charge >= 0.3 is 0 Å². The van der Waals surface area contributed by atoms with E-state index in [4.69, 9.17) is 0 Å². The van der Waals surface area contributed by atoms with E-state index in [9.17, 15) is 0 Å². The first-order valence-corrected chi connectivity index (χ1v) is 16.4. The molecular weight excluding hydrogens is 356 g/mol. The number of hydrogen-bond donors (Lipinski definition) is 0. The van der Waals surface area contributed by atoms with Gasteiger partial charge in [-0.1, -0.05) is 115 Å². The Balaban J connectivity index is 2.02. The lowest BCUT2D eigenvalue weighted by Gasteiger charge is -2.37. The average Bonchev–Trinajstić information content (AvgIpc) is 2.89. The zero-order valence-electron chi connectivity index (χ0n) is 19.2. The Labute approximate surface area is 169 Å². The van der Waals surface area contributed by atoms with Gasteiger partial charge in [-0.3, -0.25) is 0 Å². The van der Waals surface area contributed by atoms with Crippen LogP contribution in [0.2, 0.25) is 36.3 Å². The van der Waals surface area contributed by atoms with E-state index in [0.717, 1.165) is 6.42 Å². The highest BCUT2D eigenvalue weighted by molar-refractivity contribution is 6.92. The monoisotopic (exact) mass is 394 g/mol. The molecular formula is C25H38Si2. The highest BCUT2D eigenvalue weighted by Gasteiger charge is 2.39. The van der Waals surface area contributed by atoms with Crippen LogP contribution in [0.3, 0.4) is 0 Å². The zero-order chi connectivity index (χ0) is 20.4. The Morgan fingerprint density at radius 2 is 0.926 bits per heavy atom. The molecule has 2 aromatic rings. The summed E-state index contributed by atoms with van der Waals surface area (Å²) >= 11 is 0. The first-order valence-electron chi connectivity index (χ1n) is 10.4. The van der Waals surface area contributed by atoms with Crippen molar-refractivity contribution in [1.82, 2.24) is 0 Å². The van der Waals surface area contributed by atoms with Crippen LogP contribution in [0.15, 0.2) is 36.4 Å². The Hall–Kier alpha value is -1.13. The maximum atomic E-state index is 2.54. The summed E-state index contributed by atoms with van der Waals surface area (Å²) in [6.45, 7) is 24.5. The van der Waals surface area contributed by atoms with E-state index < -0.39 is 16.1 Å². The summed E-state index contributed by atoms with van der Waals surface area (Å²) in [5, 5.41) is 3.96. The summed E-state index contributed by atoms with van der Waals surface area (Å²) in [7, 11) is -2.97. The van der Waals surface area contributed by atoms with Gasteiger partial charge < -0.3 is 0 Å². The molecule has 0 unspecified atom stereocenters. The van der Waals surface area contributed by atoms with E-state index in [1.54, 1.807) is 21.5 Å². The molecule has 3 rings (SSSR count). The average molecular weight is 395 g/mol. The number of hydrogen-bond acceptors (Lipinski definition) is 0. The summed E-state index contributed by atoms with van der Waals surface area (Å²) in [6.07, 6.45) is 1.11. The van der Waals surface area contributed by atoms with E-state index in [0.29, 0.717) is 10.1 Å². The van der Waals surface area contributed by atoms with Crippen LogP contribution in [0, 0.1) is 0 Å². The molecule has 146 valence electrons. The summed E-state index contributed by atoms with van der Waals surface area (Å²) in [4.78, 5) is 0. The molecule has 0 fully saturated rings. The van der Waals surface area contributed by atoms with E-state index in [1.165, 1.54) is 11.1 Å². The smallest absolute Gasteiger partial charge is 0.0651 e. The quantitative estimate of drug-likeness (QED) is 0.425. The molecule has 0 saturated carbocycles. The Morgan fingerprint density at radius 1 is 0.593 bits per heavy atom. The largest absolute Gasteiger partial charge is 0.0859 e. The Bertz CT molecular complexity index is 801. The van der Waals surface area contributed by atoms with Crippen LogP contribution < -0.4 is 10.4 Å². The minimum atomic E-state index is -1.49. The van der Waals surface area contributed by atoms with E-state index >= 15 is 0 Å². The van der Waals surface area contributed by atoms with Crippen molar-refractivity contribution in [2.75, 3.05) is 0 Å². The lowest BCUT2D eigenvalue weighted by Crippen LogP contribution is -2.49. The fraction of sp³-hybridized carbons (Fsp3) is 0.520. The van der Waals surface area contributed by atoms with Gasteiger partial charge in [0.15, 0.2) is 0 Å². The SMILES string of the molecule is CC(C)(C)[Si](C)(C)c1ccc2c(c1)Cc1cc([Si](C)(C)C(C)(C)C)ccc1-2. The molecule has 0 spiro atoms. The molecule has 0 N–H and O–H groups in total. The third-order valence-corrected chi connectivity index (χ3v) is 19.1. The van der Waals surface area contributed by atoms with Crippen LogP contribution in [0.1, 0.15) is 52.7 Å². The summed E-state index contributed by atoms with van der Waals surface area (Å²) in [5.41, 5.74) is 6.02. The van der Waals surface area contributed by atoms with Gasteiger partial charge in [-0.2, -0.15) is 0 Å². The van der Waals surface area contributed by atoms with E-state index in [-0.39, 0.29) is 0 Å². The number of fused-ring (bicyclic) bond motifs is 3. The number of rotatable bonds is 2. The lowest BCUT2D eigenvalue weighted by atomic mass is 10.1. The molecule has 1 aliphatic carbocycles. The molecule has 0 radical (unpaired) electrons. The van der Waals surface area contributed by atoms with Crippen molar-refractivity contribution in [2.45, 2.75) is 84.2 Å². The molecule has 0 heterocycles. The van der Waals surface area contributed by atoms with Crippen LogP contribution in [-0.2, 0) is 6.42 Å². The third-order valence-electron chi connectivity index (χ3n) is 8.07. The first kappa shape index (κ1) is 20.6. The molecule has 27 heavy (non-hydrogen) atoms. The second-order valence-electron chi connectivity index (χ2n) is 11.7. The van der Waals surface area contributed by atoms with E-state index in [2.05, 4.69) is 104 Å². The van der Waals surface area contributed by atoms with Gasteiger partial charge in [-0.05, 0) is 38.8 Å². The standard InChI is InChI=1S/C25H38Si2/c1-24(2,3)26(7,8)20-11-13-22-18(16-20)15-19-17-21(12-14-23(19)22)27(9,10)25(4,5)6/h11-14,16-17H,15H2,1-10H3. The molecule has 0 atom stereocenters. The fourth-order valence-corrected chi connectivity index (χ4v) is 7.66. The van der Waals surface area contributed by atoms with Gasteiger partial charge in [0.1, 0.15) is 0 Å². The molecule has 0 aromatic heterocycles. The highest BCUT2D eigenvalue weighted by atomic mass is 28.3. The lowest BCUT2D eigenvalue weighted by molar-refractivity contribution is 0.729. The Kier molecular flexibility index (Phi) is 4.72. The van der Waals surface area contributed by atoms with Crippen molar-refractivity contribution in [3.8, 4) is 11.1 Å². The maximum Gasteiger partial charge on any atom is 0.0859 e.